The smallest absolute Gasteiger partial charge is 0.337 e. The zero-order valence-electron chi connectivity index (χ0n) is 12.8. The molecule has 2 rings (SSSR count). The van der Waals surface area contributed by atoms with E-state index in [1.807, 2.05) is 18.2 Å². The van der Waals surface area contributed by atoms with Crippen LogP contribution in [-0.4, -0.2) is 18.1 Å². The number of benzene rings is 1. The fourth-order valence-corrected chi connectivity index (χ4v) is 3.58. The summed E-state index contributed by atoms with van der Waals surface area (Å²) < 4.78 is 5.79. The van der Waals surface area contributed by atoms with Gasteiger partial charge in [0.1, 0.15) is 0 Å². The van der Waals surface area contributed by atoms with Crippen LogP contribution in [0.2, 0.25) is 0 Å². The van der Waals surface area contributed by atoms with E-state index in [9.17, 15) is 4.79 Å². The molecule has 0 amide bonds. The molecule has 0 aliphatic carbocycles. The Morgan fingerprint density at radius 1 is 1.38 bits per heavy atom. The van der Waals surface area contributed by atoms with Crippen molar-refractivity contribution >= 4 is 32.8 Å². The lowest BCUT2D eigenvalue weighted by molar-refractivity contribution is 0.0601. The second-order valence-corrected chi connectivity index (χ2v) is 6.29. The number of carbonyl (C=O) groups is 1. The van der Waals surface area contributed by atoms with Crippen molar-refractivity contribution in [3.05, 3.63) is 33.9 Å². The van der Waals surface area contributed by atoms with Crippen molar-refractivity contribution in [2.24, 2.45) is 0 Å². The summed E-state index contributed by atoms with van der Waals surface area (Å²) in [4.78, 5) is 14.9. The molecule has 0 bridgehead atoms. The molecule has 3 nitrogen and oxygen atoms in total. The van der Waals surface area contributed by atoms with Gasteiger partial charge in [0.05, 0.1) is 17.3 Å². The summed E-state index contributed by atoms with van der Waals surface area (Å²) in [6.07, 6.45) is 4.94. The SMILES string of the molecule is CCCCCC(C)c1c(Br)[nH]c2cc(C(=O)OC)ccc12. The topological polar surface area (TPSA) is 42.1 Å². The first-order valence-electron chi connectivity index (χ1n) is 7.47. The highest BCUT2D eigenvalue weighted by Gasteiger charge is 2.17. The second kappa shape index (κ2) is 7.12. The molecular weight excluding hydrogens is 330 g/mol. The molecule has 0 fully saturated rings. The van der Waals surface area contributed by atoms with E-state index in [0.29, 0.717) is 11.5 Å². The van der Waals surface area contributed by atoms with Gasteiger partial charge in [0.15, 0.2) is 0 Å². The first-order chi connectivity index (χ1) is 10.1. The number of aromatic amines is 1. The van der Waals surface area contributed by atoms with Gasteiger partial charge in [-0.3, -0.25) is 0 Å². The predicted molar refractivity (Wildman–Crippen MR) is 89.9 cm³/mol. The molecule has 21 heavy (non-hydrogen) atoms. The number of ether oxygens (including phenoxy) is 1. The van der Waals surface area contributed by atoms with Crippen LogP contribution >= 0.6 is 15.9 Å². The Balaban J connectivity index is 2.32. The Morgan fingerprint density at radius 2 is 2.14 bits per heavy atom. The van der Waals surface area contributed by atoms with E-state index in [1.54, 1.807) is 0 Å². The molecule has 1 atom stereocenters. The van der Waals surface area contributed by atoms with Crippen molar-refractivity contribution in [1.29, 1.82) is 0 Å². The standard InChI is InChI=1S/C17H22BrNO2/c1-4-5-6-7-11(2)15-13-9-8-12(17(20)21-3)10-14(13)19-16(15)18/h8-11,19H,4-7H2,1-3H3. The lowest BCUT2D eigenvalue weighted by atomic mass is 9.94. The Kier molecular flexibility index (Phi) is 5.45. The minimum absolute atomic E-state index is 0.305. The van der Waals surface area contributed by atoms with Crippen LogP contribution < -0.4 is 0 Å². The van der Waals surface area contributed by atoms with Gasteiger partial charge in [0, 0.05) is 10.9 Å². The summed E-state index contributed by atoms with van der Waals surface area (Å²) in [5.74, 6) is 0.184. The number of hydrogen-bond donors (Lipinski definition) is 1. The summed E-state index contributed by atoms with van der Waals surface area (Å²) in [6.45, 7) is 4.48. The zero-order valence-corrected chi connectivity index (χ0v) is 14.4. The number of rotatable bonds is 6. The number of hydrogen-bond acceptors (Lipinski definition) is 2. The largest absolute Gasteiger partial charge is 0.465 e. The van der Waals surface area contributed by atoms with Crippen LogP contribution in [0.4, 0.5) is 0 Å². The number of H-pyrrole nitrogens is 1. The molecule has 0 aliphatic rings. The Morgan fingerprint density at radius 3 is 2.81 bits per heavy atom. The molecule has 0 radical (unpaired) electrons. The van der Waals surface area contributed by atoms with E-state index >= 15 is 0 Å². The average molecular weight is 352 g/mol. The summed E-state index contributed by atoms with van der Waals surface area (Å²) in [5, 5.41) is 1.18. The van der Waals surface area contributed by atoms with Crippen molar-refractivity contribution in [3.63, 3.8) is 0 Å². The molecule has 0 saturated carbocycles. The van der Waals surface area contributed by atoms with Crippen LogP contribution in [0.3, 0.4) is 0 Å². The molecule has 0 saturated heterocycles. The van der Waals surface area contributed by atoms with Gasteiger partial charge in [0.25, 0.3) is 0 Å². The lowest BCUT2D eigenvalue weighted by Crippen LogP contribution is -2.00. The Labute approximate surface area is 134 Å². The van der Waals surface area contributed by atoms with E-state index in [4.69, 9.17) is 4.74 Å². The van der Waals surface area contributed by atoms with Gasteiger partial charge in [-0.2, -0.15) is 0 Å². The third kappa shape index (κ3) is 3.49. The Bertz CT molecular complexity index is 633. The highest BCUT2D eigenvalue weighted by Crippen LogP contribution is 2.35. The summed E-state index contributed by atoms with van der Waals surface area (Å²) >= 11 is 3.63. The number of methoxy groups -OCH3 is 1. The van der Waals surface area contributed by atoms with Crippen LogP contribution in [0, 0.1) is 0 Å². The van der Waals surface area contributed by atoms with E-state index < -0.39 is 0 Å². The van der Waals surface area contributed by atoms with Crippen LogP contribution in [0.15, 0.2) is 22.8 Å². The summed E-state index contributed by atoms with van der Waals surface area (Å²) in [5.41, 5.74) is 2.85. The summed E-state index contributed by atoms with van der Waals surface area (Å²) in [7, 11) is 1.40. The summed E-state index contributed by atoms with van der Waals surface area (Å²) in [6, 6.07) is 5.69. The van der Waals surface area contributed by atoms with Gasteiger partial charge >= 0.3 is 5.97 Å². The van der Waals surface area contributed by atoms with Crippen molar-refractivity contribution in [2.75, 3.05) is 7.11 Å². The van der Waals surface area contributed by atoms with Gasteiger partial charge < -0.3 is 9.72 Å². The number of aromatic nitrogens is 1. The average Bonchev–Trinajstić information content (AvgIpc) is 2.81. The molecule has 4 heteroatoms. The van der Waals surface area contributed by atoms with Crippen LogP contribution in [0.1, 0.15) is 61.4 Å². The highest BCUT2D eigenvalue weighted by atomic mass is 79.9. The maximum Gasteiger partial charge on any atom is 0.337 e. The number of carbonyl (C=O) groups excluding carboxylic acids is 1. The molecule has 0 spiro atoms. The van der Waals surface area contributed by atoms with Gasteiger partial charge in [0.2, 0.25) is 0 Å². The van der Waals surface area contributed by atoms with Gasteiger partial charge in [-0.15, -0.1) is 0 Å². The lowest BCUT2D eigenvalue weighted by Gasteiger charge is -2.11. The molecule has 0 aliphatic heterocycles. The monoisotopic (exact) mass is 351 g/mol. The van der Waals surface area contributed by atoms with Crippen molar-refractivity contribution in [3.8, 4) is 0 Å². The van der Waals surface area contributed by atoms with Crippen LogP contribution in [-0.2, 0) is 4.74 Å². The van der Waals surface area contributed by atoms with Crippen LogP contribution in [0.5, 0.6) is 0 Å². The van der Waals surface area contributed by atoms with E-state index in [1.165, 1.54) is 43.7 Å². The van der Waals surface area contributed by atoms with Crippen molar-refractivity contribution in [1.82, 2.24) is 4.98 Å². The molecular formula is C17H22BrNO2. The Hall–Kier alpha value is -1.29. The minimum atomic E-state index is -0.305. The van der Waals surface area contributed by atoms with Gasteiger partial charge in [-0.1, -0.05) is 39.2 Å². The van der Waals surface area contributed by atoms with Crippen LogP contribution in [0.25, 0.3) is 10.9 Å². The van der Waals surface area contributed by atoms with E-state index in [-0.39, 0.29) is 5.97 Å². The highest BCUT2D eigenvalue weighted by molar-refractivity contribution is 9.10. The third-order valence-electron chi connectivity index (χ3n) is 3.95. The number of esters is 1. The zero-order chi connectivity index (χ0) is 15.4. The number of nitrogens with one attached hydrogen (secondary N) is 1. The molecule has 114 valence electrons. The molecule has 1 unspecified atom stereocenters. The first kappa shape index (κ1) is 16.1. The maximum absolute atomic E-state index is 11.6. The second-order valence-electron chi connectivity index (χ2n) is 5.50. The number of fused-ring (bicyclic) bond motifs is 1. The molecule has 1 heterocycles. The van der Waals surface area contributed by atoms with Crippen molar-refractivity contribution < 1.29 is 9.53 Å². The normalized spacial score (nSPS) is 12.6. The van der Waals surface area contributed by atoms with E-state index in [0.717, 1.165) is 10.1 Å². The molecule has 1 N–H and O–H groups in total. The van der Waals surface area contributed by atoms with Crippen molar-refractivity contribution in [2.45, 2.75) is 45.4 Å². The van der Waals surface area contributed by atoms with Gasteiger partial charge in [-0.25, -0.2) is 4.79 Å². The maximum atomic E-state index is 11.6. The van der Waals surface area contributed by atoms with E-state index in [2.05, 4.69) is 34.8 Å². The quantitative estimate of drug-likeness (QED) is 0.559. The fraction of sp³-hybridized carbons (Fsp3) is 0.471. The first-order valence-corrected chi connectivity index (χ1v) is 8.27. The number of unbranched alkanes of at least 4 members (excludes halogenated alkanes) is 2. The molecule has 1 aromatic carbocycles. The fourth-order valence-electron chi connectivity index (χ4n) is 2.76. The molecule has 1 aromatic heterocycles. The third-order valence-corrected chi connectivity index (χ3v) is 4.57. The predicted octanol–water partition coefficient (Wildman–Crippen LogP) is 5.40. The molecule has 2 aromatic rings. The van der Waals surface area contributed by atoms with Gasteiger partial charge in [-0.05, 0) is 46.0 Å². The number of halogens is 1. The minimum Gasteiger partial charge on any atom is -0.465 e.